The lowest BCUT2D eigenvalue weighted by molar-refractivity contribution is -0.126. The lowest BCUT2D eigenvalue weighted by Crippen LogP contribution is -2.43. The zero-order chi connectivity index (χ0) is 21.7. The second-order valence-corrected chi connectivity index (χ2v) is 9.89. The molecule has 0 bridgehead atoms. The van der Waals surface area contributed by atoms with E-state index in [9.17, 15) is 13.2 Å². The summed E-state index contributed by atoms with van der Waals surface area (Å²) in [7, 11) is -2.13. The Morgan fingerprint density at radius 1 is 1.13 bits per heavy atom. The Morgan fingerprint density at radius 3 is 2.43 bits per heavy atom. The maximum absolute atomic E-state index is 12.9. The van der Waals surface area contributed by atoms with Gasteiger partial charge in [-0.2, -0.15) is 4.31 Å². The van der Waals surface area contributed by atoms with Crippen LogP contribution >= 0.6 is 23.2 Å². The first kappa shape index (κ1) is 22.9. The van der Waals surface area contributed by atoms with Crippen LogP contribution in [0.15, 0.2) is 47.4 Å². The van der Waals surface area contributed by atoms with E-state index < -0.39 is 10.0 Å². The number of halogens is 2. The topological polar surface area (TPSA) is 75.7 Å². The summed E-state index contributed by atoms with van der Waals surface area (Å²) in [6.07, 6.45) is 1.65. The molecule has 0 radical (unpaired) electrons. The maximum Gasteiger partial charge on any atom is 0.244 e. The predicted molar refractivity (Wildman–Crippen MR) is 118 cm³/mol. The Hall–Kier alpha value is -1.80. The summed E-state index contributed by atoms with van der Waals surface area (Å²) in [6.45, 7) is 1.06. The van der Waals surface area contributed by atoms with Gasteiger partial charge in [-0.3, -0.25) is 4.79 Å². The average Bonchev–Trinajstić information content (AvgIpc) is 2.76. The van der Waals surface area contributed by atoms with Crippen LogP contribution < -0.4 is 10.1 Å². The summed E-state index contributed by atoms with van der Waals surface area (Å²) in [4.78, 5) is 12.5. The highest BCUT2D eigenvalue weighted by Gasteiger charge is 2.33. The maximum atomic E-state index is 12.9. The minimum atomic E-state index is -3.75. The summed E-state index contributed by atoms with van der Waals surface area (Å²) in [5.41, 5.74) is 1.11. The van der Waals surface area contributed by atoms with Gasteiger partial charge in [-0.1, -0.05) is 35.3 Å². The van der Waals surface area contributed by atoms with Crippen molar-refractivity contribution in [1.29, 1.82) is 0 Å². The van der Waals surface area contributed by atoms with E-state index in [1.807, 2.05) is 24.3 Å². The van der Waals surface area contributed by atoms with Crippen LogP contribution in [0.3, 0.4) is 0 Å². The highest BCUT2D eigenvalue weighted by Crippen LogP contribution is 2.30. The van der Waals surface area contributed by atoms with Gasteiger partial charge in [0.2, 0.25) is 15.9 Å². The number of hydrogen-bond donors (Lipinski definition) is 1. The Balaban J connectivity index is 1.50. The molecule has 0 unspecified atom stereocenters. The van der Waals surface area contributed by atoms with Crippen LogP contribution in [-0.4, -0.2) is 45.4 Å². The van der Waals surface area contributed by atoms with E-state index in [1.54, 1.807) is 13.2 Å². The monoisotopic (exact) mass is 470 g/mol. The van der Waals surface area contributed by atoms with Crippen molar-refractivity contribution in [2.75, 3.05) is 26.7 Å². The highest BCUT2D eigenvalue weighted by molar-refractivity contribution is 7.89. The summed E-state index contributed by atoms with van der Waals surface area (Å²) >= 11 is 12.0. The van der Waals surface area contributed by atoms with Crippen molar-refractivity contribution in [3.63, 3.8) is 0 Å². The molecule has 2 aromatic carbocycles. The number of methoxy groups -OCH3 is 1. The Kier molecular flexibility index (Phi) is 7.63. The number of amides is 1. The number of nitrogens with zero attached hydrogens (tertiary/aromatic N) is 1. The highest BCUT2D eigenvalue weighted by atomic mass is 35.5. The first-order valence-corrected chi connectivity index (χ1v) is 11.9. The second-order valence-electron chi connectivity index (χ2n) is 7.14. The summed E-state index contributed by atoms with van der Waals surface area (Å²) in [5.74, 6) is 0.548. The minimum Gasteiger partial charge on any atom is -0.497 e. The zero-order valence-electron chi connectivity index (χ0n) is 16.6. The number of carbonyl (C=O) groups excluding carboxylic acids is 1. The number of rotatable bonds is 7. The molecule has 2 aromatic rings. The van der Waals surface area contributed by atoms with Gasteiger partial charge in [-0.05, 0) is 55.2 Å². The molecule has 3 rings (SSSR count). The summed E-state index contributed by atoms with van der Waals surface area (Å²) in [6, 6.07) is 12.1. The SMILES string of the molecule is COc1ccc(CCNC(=O)C2CCN(S(=O)(=O)c3cc(Cl)ccc3Cl)CC2)cc1. The van der Waals surface area contributed by atoms with Crippen LogP contribution in [-0.2, 0) is 21.2 Å². The van der Waals surface area contributed by atoms with Crippen molar-refractivity contribution in [1.82, 2.24) is 9.62 Å². The van der Waals surface area contributed by atoms with Crippen LogP contribution in [0.4, 0.5) is 0 Å². The van der Waals surface area contributed by atoms with Gasteiger partial charge in [0.15, 0.2) is 0 Å². The molecule has 30 heavy (non-hydrogen) atoms. The van der Waals surface area contributed by atoms with Crippen molar-refractivity contribution in [3.05, 3.63) is 58.1 Å². The van der Waals surface area contributed by atoms with Crippen molar-refractivity contribution >= 4 is 39.1 Å². The number of carbonyl (C=O) groups is 1. The molecule has 0 saturated carbocycles. The molecule has 1 aliphatic heterocycles. The van der Waals surface area contributed by atoms with Gasteiger partial charge in [-0.25, -0.2) is 8.42 Å². The summed E-state index contributed by atoms with van der Waals surface area (Å²) in [5, 5.41) is 3.40. The normalized spacial score (nSPS) is 15.7. The fourth-order valence-corrected chi connectivity index (χ4v) is 5.65. The standard InChI is InChI=1S/C21H24Cl2N2O4S/c1-29-18-5-2-15(3-6-18)8-11-24-21(26)16-9-12-25(13-10-16)30(27,28)20-14-17(22)4-7-19(20)23/h2-7,14,16H,8-13H2,1H3,(H,24,26). The molecule has 1 saturated heterocycles. The van der Waals surface area contributed by atoms with Crippen molar-refractivity contribution in [3.8, 4) is 5.75 Å². The lowest BCUT2D eigenvalue weighted by Gasteiger charge is -2.30. The van der Waals surface area contributed by atoms with Crippen LogP contribution in [0.1, 0.15) is 18.4 Å². The molecule has 9 heteroatoms. The van der Waals surface area contributed by atoms with Crippen LogP contribution in [0.25, 0.3) is 0 Å². The van der Waals surface area contributed by atoms with Gasteiger partial charge in [0.25, 0.3) is 0 Å². The van der Waals surface area contributed by atoms with Gasteiger partial charge >= 0.3 is 0 Å². The third-order valence-electron chi connectivity index (χ3n) is 5.21. The molecule has 0 atom stereocenters. The molecule has 1 N–H and O–H groups in total. The number of piperidine rings is 1. The molecule has 162 valence electrons. The van der Waals surface area contributed by atoms with E-state index in [-0.39, 0.29) is 34.8 Å². The van der Waals surface area contributed by atoms with Gasteiger partial charge < -0.3 is 10.1 Å². The Labute approximate surface area is 187 Å². The number of ether oxygens (including phenoxy) is 1. The van der Waals surface area contributed by atoms with Gasteiger partial charge in [-0.15, -0.1) is 0 Å². The van der Waals surface area contributed by atoms with Crippen LogP contribution in [0, 0.1) is 5.92 Å². The molecule has 1 aliphatic rings. The van der Waals surface area contributed by atoms with Crippen molar-refractivity contribution < 1.29 is 17.9 Å². The molecule has 6 nitrogen and oxygen atoms in total. The molecule has 0 spiro atoms. The Morgan fingerprint density at radius 2 is 1.80 bits per heavy atom. The average molecular weight is 471 g/mol. The first-order valence-electron chi connectivity index (χ1n) is 9.67. The molecule has 1 heterocycles. The van der Waals surface area contributed by atoms with E-state index in [2.05, 4.69) is 5.32 Å². The fourth-order valence-electron chi connectivity index (χ4n) is 3.44. The Bertz CT molecular complexity index is 989. The first-order chi connectivity index (χ1) is 14.3. The predicted octanol–water partition coefficient (Wildman–Crippen LogP) is 3.76. The zero-order valence-corrected chi connectivity index (χ0v) is 18.9. The third-order valence-corrected chi connectivity index (χ3v) is 7.82. The van der Waals surface area contributed by atoms with Gasteiger partial charge in [0.1, 0.15) is 10.6 Å². The summed E-state index contributed by atoms with van der Waals surface area (Å²) < 4.78 is 32.3. The molecule has 1 fully saturated rings. The number of hydrogen-bond acceptors (Lipinski definition) is 4. The smallest absolute Gasteiger partial charge is 0.244 e. The lowest BCUT2D eigenvalue weighted by atomic mass is 9.97. The van der Waals surface area contributed by atoms with E-state index in [1.165, 1.54) is 16.4 Å². The molecule has 0 aliphatic carbocycles. The number of sulfonamides is 1. The van der Waals surface area contributed by atoms with E-state index in [0.717, 1.165) is 17.7 Å². The van der Waals surface area contributed by atoms with E-state index >= 15 is 0 Å². The van der Waals surface area contributed by atoms with E-state index in [0.29, 0.717) is 24.4 Å². The van der Waals surface area contributed by atoms with Crippen molar-refractivity contribution in [2.45, 2.75) is 24.2 Å². The largest absolute Gasteiger partial charge is 0.497 e. The molecular weight excluding hydrogens is 447 g/mol. The quantitative estimate of drug-likeness (QED) is 0.668. The van der Waals surface area contributed by atoms with Crippen molar-refractivity contribution in [2.24, 2.45) is 5.92 Å². The fraction of sp³-hybridized carbons (Fsp3) is 0.381. The molecular formula is C21H24Cl2N2O4S. The number of nitrogens with one attached hydrogen (secondary N) is 1. The van der Waals surface area contributed by atoms with E-state index in [4.69, 9.17) is 27.9 Å². The van der Waals surface area contributed by atoms with Gasteiger partial charge in [0.05, 0.1) is 12.1 Å². The molecule has 0 aromatic heterocycles. The van der Waals surface area contributed by atoms with Crippen LogP contribution in [0.5, 0.6) is 5.75 Å². The number of benzene rings is 2. The minimum absolute atomic E-state index is 0.000871. The molecule has 1 amide bonds. The van der Waals surface area contributed by atoms with Crippen LogP contribution in [0.2, 0.25) is 10.0 Å². The third kappa shape index (κ3) is 5.46. The second kappa shape index (κ2) is 10.0. The van der Waals surface area contributed by atoms with Gasteiger partial charge in [0, 0.05) is 30.6 Å².